The number of nitrogens with one attached hydrogen (secondary N) is 1. The Morgan fingerprint density at radius 2 is 1.71 bits per heavy atom. The lowest BCUT2D eigenvalue weighted by Gasteiger charge is -2.34. The molecule has 1 saturated carbocycles. The number of fused-ring (bicyclic) bond motifs is 1. The Hall–Kier alpha value is -2.96. The maximum absolute atomic E-state index is 15.8. The fourth-order valence-corrected chi connectivity index (χ4v) is 4.89. The zero-order valence-electron chi connectivity index (χ0n) is 21.2. The number of rotatable bonds is 5. The van der Waals surface area contributed by atoms with Gasteiger partial charge in [0, 0.05) is 49.1 Å². The van der Waals surface area contributed by atoms with Crippen molar-refractivity contribution in [2.45, 2.75) is 76.9 Å². The van der Waals surface area contributed by atoms with Gasteiger partial charge in [0.2, 0.25) is 5.92 Å². The molecule has 0 atom stereocenters. The molecule has 0 aliphatic heterocycles. The number of hydrogen-bond donors (Lipinski definition) is 2. The van der Waals surface area contributed by atoms with Crippen LogP contribution in [0.15, 0.2) is 48.4 Å². The van der Waals surface area contributed by atoms with E-state index in [0.29, 0.717) is 5.70 Å². The molecule has 1 fully saturated rings. The average molecular weight is 485 g/mol. The van der Waals surface area contributed by atoms with E-state index in [1.807, 2.05) is 16.8 Å². The second-order valence-corrected chi connectivity index (χ2v) is 10.9. The predicted octanol–water partition coefficient (Wildman–Crippen LogP) is 6.79. The number of allylic oxidation sites excluding steroid dienone is 1. The number of benzene rings is 1. The van der Waals surface area contributed by atoms with Crippen LogP contribution in [0.1, 0.15) is 64.5 Å². The van der Waals surface area contributed by atoms with Crippen molar-refractivity contribution in [3.8, 4) is 11.1 Å². The number of halogens is 3. The molecule has 188 valence electrons. The van der Waals surface area contributed by atoms with Crippen LogP contribution < -0.4 is 11.1 Å². The van der Waals surface area contributed by atoms with Gasteiger partial charge in [-0.15, -0.1) is 0 Å². The summed E-state index contributed by atoms with van der Waals surface area (Å²) in [5, 5.41) is 3.11. The van der Waals surface area contributed by atoms with Gasteiger partial charge in [0.15, 0.2) is 0 Å². The molecule has 3 N–H and O–H groups in total. The van der Waals surface area contributed by atoms with E-state index in [1.165, 1.54) is 5.56 Å². The number of alkyl halides is 3. The summed E-state index contributed by atoms with van der Waals surface area (Å²) in [6.07, 6.45) is 2.49. The van der Waals surface area contributed by atoms with Gasteiger partial charge in [-0.2, -0.15) is 0 Å². The lowest BCUT2D eigenvalue weighted by atomic mass is 9.84. The molecule has 1 aromatic carbocycles. The van der Waals surface area contributed by atoms with Crippen LogP contribution in [-0.2, 0) is 12.0 Å². The third kappa shape index (κ3) is 5.19. The molecule has 2 aromatic heterocycles. The van der Waals surface area contributed by atoms with Crippen LogP contribution >= 0.6 is 0 Å². The fraction of sp³-hybridized carbons (Fsp3) is 0.464. The SMILES string of the molecule is CN/C(=C(/C)N)c1cnc2c(-c3ccc(C(C)(C)C)cc3)cn(CC3(F)CCC(F)(F)CC3)c2c1. The number of hydrogen-bond acceptors (Lipinski definition) is 3. The molecule has 1 aliphatic rings. The molecular weight excluding hydrogens is 449 g/mol. The van der Waals surface area contributed by atoms with Gasteiger partial charge < -0.3 is 15.6 Å². The molecule has 0 radical (unpaired) electrons. The van der Waals surface area contributed by atoms with Crippen molar-refractivity contribution in [1.82, 2.24) is 14.9 Å². The van der Waals surface area contributed by atoms with E-state index in [0.717, 1.165) is 33.4 Å². The van der Waals surface area contributed by atoms with E-state index in [-0.39, 0.29) is 24.8 Å². The molecular formula is C28H35F3N4. The van der Waals surface area contributed by atoms with E-state index in [9.17, 15) is 8.78 Å². The van der Waals surface area contributed by atoms with Gasteiger partial charge in [0.05, 0.1) is 23.3 Å². The molecule has 35 heavy (non-hydrogen) atoms. The molecule has 3 aromatic rings. The molecule has 0 spiro atoms. The van der Waals surface area contributed by atoms with Crippen molar-refractivity contribution < 1.29 is 13.2 Å². The van der Waals surface area contributed by atoms with Crippen molar-refractivity contribution in [2.24, 2.45) is 5.73 Å². The van der Waals surface area contributed by atoms with E-state index >= 15 is 4.39 Å². The minimum Gasteiger partial charge on any atom is -0.401 e. The van der Waals surface area contributed by atoms with Crippen LogP contribution in [0.4, 0.5) is 13.2 Å². The zero-order chi connectivity index (χ0) is 25.6. The summed E-state index contributed by atoms with van der Waals surface area (Å²) in [5.74, 6) is -2.78. The van der Waals surface area contributed by atoms with Gasteiger partial charge in [0.1, 0.15) is 5.67 Å². The molecule has 4 nitrogen and oxygen atoms in total. The quantitative estimate of drug-likeness (QED) is 0.419. The molecule has 0 saturated heterocycles. The van der Waals surface area contributed by atoms with Gasteiger partial charge in [-0.05, 0) is 42.4 Å². The lowest BCUT2D eigenvalue weighted by molar-refractivity contribution is -0.0791. The Labute approximate surface area is 205 Å². The summed E-state index contributed by atoms with van der Waals surface area (Å²) in [5.41, 5.74) is 11.1. The zero-order valence-corrected chi connectivity index (χ0v) is 21.2. The monoisotopic (exact) mass is 484 g/mol. The summed E-state index contributed by atoms with van der Waals surface area (Å²) >= 11 is 0. The summed E-state index contributed by atoms with van der Waals surface area (Å²) in [7, 11) is 1.79. The molecule has 4 rings (SSSR count). The molecule has 7 heteroatoms. The minimum absolute atomic E-state index is 0.00496. The van der Waals surface area contributed by atoms with Crippen LogP contribution in [0, 0.1) is 0 Å². The van der Waals surface area contributed by atoms with E-state index < -0.39 is 24.4 Å². The summed E-state index contributed by atoms with van der Waals surface area (Å²) < 4.78 is 45.1. The van der Waals surface area contributed by atoms with Crippen LogP contribution in [0.3, 0.4) is 0 Å². The average Bonchev–Trinajstić information content (AvgIpc) is 3.13. The second kappa shape index (κ2) is 8.92. The highest BCUT2D eigenvalue weighted by molar-refractivity contribution is 5.94. The fourth-order valence-electron chi connectivity index (χ4n) is 4.89. The highest BCUT2D eigenvalue weighted by Crippen LogP contribution is 2.42. The third-order valence-electron chi connectivity index (χ3n) is 7.04. The minimum atomic E-state index is -2.78. The van der Waals surface area contributed by atoms with Crippen molar-refractivity contribution in [2.75, 3.05) is 7.05 Å². The summed E-state index contributed by atoms with van der Waals surface area (Å²) in [6, 6.07) is 10.3. The van der Waals surface area contributed by atoms with E-state index in [2.05, 4.69) is 50.4 Å². The van der Waals surface area contributed by atoms with Gasteiger partial charge in [-0.25, -0.2) is 13.2 Å². The largest absolute Gasteiger partial charge is 0.401 e. The normalized spacial score (nSPS) is 18.4. The van der Waals surface area contributed by atoms with Gasteiger partial charge >= 0.3 is 0 Å². The summed E-state index contributed by atoms with van der Waals surface area (Å²) in [4.78, 5) is 4.75. The smallest absolute Gasteiger partial charge is 0.248 e. The van der Waals surface area contributed by atoms with Crippen LogP contribution in [-0.4, -0.2) is 28.2 Å². The standard InChI is InChI=1S/C28H35F3N4/c1-18(32)24(33-5)20-14-23-25(34-15-20)22(19-6-8-21(9-7-19)26(2,3)4)16-35(23)17-27(29)10-12-28(30,31)13-11-27/h6-9,14-16,33H,10-13,17,32H2,1-5H3/b24-18-. The number of aromatic nitrogens is 2. The van der Waals surface area contributed by atoms with Crippen molar-refractivity contribution in [3.05, 3.63) is 59.5 Å². The van der Waals surface area contributed by atoms with E-state index in [1.54, 1.807) is 20.2 Å². The predicted molar refractivity (Wildman–Crippen MR) is 137 cm³/mol. The Morgan fingerprint density at radius 1 is 1.09 bits per heavy atom. The van der Waals surface area contributed by atoms with Gasteiger partial charge in [-0.1, -0.05) is 45.0 Å². The van der Waals surface area contributed by atoms with Crippen LogP contribution in [0.5, 0.6) is 0 Å². The molecule has 0 bridgehead atoms. The van der Waals surface area contributed by atoms with E-state index in [4.69, 9.17) is 10.7 Å². The first kappa shape index (κ1) is 25.1. The van der Waals surface area contributed by atoms with Crippen molar-refractivity contribution >= 4 is 16.7 Å². The van der Waals surface area contributed by atoms with Crippen LogP contribution in [0.2, 0.25) is 0 Å². The topological polar surface area (TPSA) is 55.9 Å². The van der Waals surface area contributed by atoms with Crippen molar-refractivity contribution in [3.63, 3.8) is 0 Å². The van der Waals surface area contributed by atoms with Crippen molar-refractivity contribution in [1.29, 1.82) is 0 Å². The summed E-state index contributed by atoms with van der Waals surface area (Å²) in [6.45, 7) is 8.30. The second-order valence-electron chi connectivity index (χ2n) is 10.9. The van der Waals surface area contributed by atoms with Gasteiger partial charge in [-0.3, -0.25) is 4.98 Å². The highest BCUT2D eigenvalue weighted by Gasteiger charge is 2.44. The highest BCUT2D eigenvalue weighted by atomic mass is 19.3. The maximum atomic E-state index is 15.8. The first-order chi connectivity index (χ1) is 16.3. The lowest BCUT2D eigenvalue weighted by Crippen LogP contribution is -2.38. The molecule has 0 unspecified atom stereocenters. The Balaban J connectivity index is 1.82. The number of pyridine rings is 1. The number of nitrogens with zero attached hydrogens (tertiary/aromatic N) is 2. The molecule has 1 aliphatic carbocycles. The molecule has 2 heterocycles. The molecule has 0 amide bonds. The first-order valence-electron chi connectivity index (χ1n) is 12.1. The first-order valence-corrected chi connectivity index (χ1v) is 12.1. The van der Waals surface area contributed by atoms with Crippen LogP contribution in [0.25, 0.3) is 27.9 Å². The Kier molecular flexibility index (Phi) is 6.41. The number of nitrogens with two attached hydrogens (primary N) is 1. The maximum Gasteiger partial charge on any atom is 0.248 e. The third-order valence-corrected chi connectivity index (χ3v) is 7.04. The van der Waals surface area contributed by atoms with Gasteiger partial charge in [0.25, 0.3) is 0 Å². The Bertz CT molecular complexity index is 1240. The Morgan fingerprint density at radius 3 is 2.26 bits per heavy atom.